The molecular formula is C11H16N2O. The molecule has 14 heavy (non-hydrogen) atoms. The Morgan fingerprint density at radius 1 is 1.50 bits per heavy atom. The number of aryl methyl sites for hydroxylation is 1. The lowest BCUT2D eigenvalue weighted by atomic mass is 10.3. The van der Waals surface area contributed by atoms with Crippen LogP contribution in [0.5, 0.6) is 0 Å². The van der Waals surface area contributed by atoms with Gasteiger partial charge in [0.15, 0.2) is 0 Å². The van der Waals surface area contributed by atoms with Crippen molar-refractivity contribution >= 4 is 6.29 Å². The monoisotopic (exact) mass is 192 g/mol. The first-order chi connectivity index (χ1) is 6.72. The molecule has 0 N–H and O–H groups in total. The van der Waals surface area contributed by atoms with E-state index in [1.54, 1.807) is 0 Å². The zero-order valence-corrected chi connectivity index (χ0v) is 8.73. The van der Waals surface area contributed by atoms with Gasteiger partial charge in [-0.3, -0.25) is 4.98 Å². The van der Waals surface area contributed by atoms with Gasteiger partial charge in [-0.2, -0.15) is 0 Å². The molecule has 0 unspecified atom stereocenters. The van der Waals surface area contributed by atoms with E-state index in [4.69, 9.17) is 0 Å². The Hall–Kier alpha value is -1.22. The summed E-state index contributed by atoms with van der Waals surface area (Å²) >= 11 is 0. The fourth-order valence-electron chi connectivity index (χ4n) is 1.32. The van der Waals surface area contributed by atoms with Crippen LogP contribution >= 0.6 is 0 Å². The Balaban J connectivity index is 2.47. The minimum Gasteiger partial charge on any atom is -0.303 e. The molecule has 76 valence electrons. The number of aldehydes is 1. The zero-order chi connectivity index (χ0) is 10.4. The van der Waals surface area contributed by atoms with Gasteiger partial charge in [0.2, 0.25) is 0 Å². The Kier molecular flexibility index (Phi) is 4.26. The second-order valence-electron chi connectivity index (χ2n) is 3.46. The Morgan fingerprint density at radius 2 is 2.29 bits per heavy atom. The third-order valence-corrected chi connectivity index (χ3v) is 2.01. The highest BCUT2D eigenvalue weighted by molar-refractivity contribution is 5.49. The molecule has 1 rings (SSSR count). The van der Waals surface area contributed by atoms with Crippen LogP contribution in [0.25, 0.3) is 0 Å². The first kappa shape index (κ1) is 10.9. The van der Waals surface area contributed by atoms with Gasteiger partial charge in [0.1, 0.15) is 6.29 Å². The molecule has 0 spiro atoms. The SMILES string of the molecule is Cc1cccc(CN(C)CCC=O)n1. The van der Waals surface area contributed by atoms with Crippen molar-refractivity contribution in [2.24, 2.45) is 0 Å². The third kappa shape index (κ3) is 3.66. The van der Waals surface area contributed by atoms with E-state index in [-0.39, 0.29) is 0 Å². The maximum atomic E-state index is 10.2. The molecule has 0 saturated heterocycles. The number of carbonyl (C=O) groups excluding carboxylic acids is 1. The molecule has 0 aliphatic rings. The lowest BCUT2D eigenvalue weighted by Gasteiger charge is -2.14. The molecule has 0 aromatic carbocycles. The Bertz CT molecular complexity index is 299. The van der Waals surface area contributed by atoms with E-state index in [1.807, 2.05) is 32.2 Å². The predicted octanol–water partition coefficient (Wildman–Crippen LogP) is 1.41. The Labute approximate surface area is 84.8 Å². The van der Waals surface area contributed by atoms with Crippen LogP contribution in [0.3, 0.4) is 0 Å². The van der Waals surface area contributed by atoms with Crippen molar-refractivity contribution in [3.63, 3.8) is 0 Å². The van der Waals surface area contributed by atoms with E-state index in [0.717, 1.165) is 30.8 Å². The molecule has 0 amide bonds. The van der Waals surface area contributed by atoms with Gasteiger partial charge in [-0.05, 0) is 26.1 Å². The van der Waals surface area contributed by atoms with E-state index in [9.17, 15) is 4.79 Å². The maximum absolute atomic E-state index is 10.2. The fourth-order valence-corrected chi connectivity index (χ4v) is 1.32. The van der Waals surface area contributed by atoms with Crippen molar-refractivity contribution < 1.29 is 4.79 Å². The van der Waals surface area contributed by atoms with Crippen molar-refractivity contribution in [3.05, 3.63) is 29.6 Å². The molecule has 0 aliphatic carbocycles. The van der Waals surface area contributed by atoms with Crippen LogP contribution in [0, 0.1) is 6.92 Å². The number of rotatable bonds is 5. The Morgan fingerprint density at radius 3 is 2.93 bits per heavy atom. The molecule has 3 heteroatoms. The average Bonchev–Trinajstić information content (AvgIpc) is 2.15. The van der Waals surface area contributed by atoms with Crippen molar-refractivity contribution in [1.82, 2.24) is 9.88 Å². The van der Waals surface area contributed by atoms with Crippen molar-refractivity contribution in [3.8, 4) is 0 Å². The van der Waals surface area contributed by atoms with Crippen molar-refractivity contribution in [1.29, 1.82) is 0 Å². The molecule has 0 aliphatic heterocycles. The lowest BCUT2D eigenvalue weighted by Crippen LogP contribution is -2.20. The lowest BCUT2D eigenvalue weighted by molar-refractivity contribution is -0.108. The number of carbonyl (C=O) groups is 1. The van der Waals surface area contributed by atoms with Gasteiger partial charge in [0.05, 0.1) is 5.69 Å². The smallest absolute Gasteiger partial charge is 0.121 e. The van der Waals surface area contributed by atoms with Crippen molar-refractivity contribution in [2.45, 2.75) is 19.9 Å². The second kappa shape index (κ2) is 5.50. The number of nitrogens with zero attached hydrogens (tertiary/aromatic N) is 2. The van der Waals surface area contributed by atoms with Crippen LogP contribution in [0.1, 0.15) is 17.8 Å². The minimum atomic E-state index is 0.586. The van der Waals surface area contributed by atoms with E-state index >= 15 is 0 Å². The second-order valence-corrected chi connectivity index (χ2v) is 3.46. The topological polar surface area (TPSA) is 33.2 Å². The summed E-state index contributed by atoms with van der Waals surface area (Å²) in [5, 5.41) is 0. The van der Waals surface area contributed by atoms with Gasteiger partial charge in [0, 0.05) is 25.2 Å². The third-order valence-electron chi connectivity index (χ3n) is 2.01. The van der Waals surface area contributed by atoms with Crippen LogP contribution in [0.15, 0.2) is 18.2 Å². The zero-order valence-electron chi connectivity index (χ0n) is 8.73. The molecule has 1 aromatic heterocycles. The van der Waals surface area contributed by atoms with Crippen LogP contribution in [0.2, 0.25) is 0 Å². The highest BCUT2D eigenvalue weighted by Gasteiger charge is 2.00. The summed E-state index contributed by atoms with van der Waals surface area (Å²) in [6.07, 6.45) is 1.53. The first-order valence-corrected chi connectivity index (χ1v) is 4.77. The molecule has 0 saturated carbocycles. The maximum Gasteiger partial charge on any atom is 0.121 e. The van der Waals surface area contributed by atoms with Crippen LogP contribution in [-0.4, -0.2) is 29.8 Å². The molecule has 0 bridgehead atoms. The number of hydrogen-bond donors (Lipinski definition) is 0. The van der Waals surface area contributed by atoms with E-state index < -0.39 is 0 Å². The summed E-state index contributed by atoms with van der Waals surface area (Å²) in [4.78, 5) is 16.7. The summed E-state index contributed by atoms with van der Waals surface area (Å²) in [6.45, 7) is 3.57. The van der Waals surface area contributed by atoms with Gasteiger partial charge in [-0.15, -0.1) is 0 Å². The van der Waals surface area contributed by atoms with Gasteiger partial charge < -0.3 is 9.69 Å². The molecule has 0 fully saturated rings. The molecule has 0 atom stereocenters. The molecular weight excluding hydrogens is 176 g/mol. The summed E-state index contributed by atoms with van der Waals surface area (Å²) in [7, 11) is 1.99. The highest BCUT2D eigenvalue weighted by atomic mass is 16.1. The summed E-state index contributed by atoms with van der Waals surface area (Å²) in [6, 6.07) is 5.99. The van der Waals surface area contributed by atoms with Crippen molar-refractivity contribution in [2.75, 3.05) is 13.6 Å². The van der Waals surface area contributed by atoms with Gasteiger partial charge in [0.25, 0.3) is 0 Å². The summed E-state index contributed by atoms with van der Waals surface area (Å²) in [5.74, 6) is 0. The van der Waals surface area contributed by atoms with Crippen LogP contribution < -0.4 is 0 Å². The van der Waals surface area contributed by atoms with Gasteiger partial charge in [-0.25, -0.2) is 0 Å². The fraction of sp³-hybridized carbons (Fsp3) is 0.455. The van der Waals surface area contributed by atoms with E-state index in [2.05, 4.69) is 9.88 Å². The number of hydrogen-bond acceptors (Lipinski definition) is 3. The van der Waals surface area contributed by atoms with Crippen LogP contribution in [-0.2, 0) is 11.3 Å². The number of aromatic nitrogens is 1. The molecule has 1 heterocycles. The summed E-state index contributed by atoms with van der Waals surface area (Å²) < 4.78 is 0. The van der Waals surface area contributed by atoms with Crippen LogP contribution in [0.4, 0.5) is 0 Å². The largest absolute Gasteiger partial charge is 0.303 e. The highest BCUT2D eigenvalue weighted by Crippen LogP contribution is 2.01. The van der Waals surface area contributed by atoms with Gasteiger partial charge in [-0.1, -0.05) is 6.07 Å². The first-order valence-electron chi connectivity index (χ1n) is 4.77. The molecule has 1 aromatic rings. The van der Waals surface area contributed by atoms with E-state index in [1.165, 1.54) is 0 Å². The van der Waals surface area contributed by atoms with E-state index in [0.29, 0.717) is 6.42 Å². The quantitative estimate of drug-likeness (QED) is 0.661. The predicted molar refractivity (Wildman–Crippen MR) is 56.0 cm³/mol. The molecule has 0 radical (unpaired) electrons. The summed E-state index contributed by atoms with van der Waals surface area (Å²) in [5.41, 5.74) is 2.09. The standard InChI is InChI=1S/C11H16N2O/c1-10-5-3-6-11(12-10)9-13(2)7-4-8-14/h3,5-6,8H,4,7,9H2,1-2H3. The molecule has 3 nitrogen and oxygen atoms in total. The number of pyridine rings is 1. The minimum absolute atomic E-state index is 0.586. The normalized spacial score (nSPS) is 10.5. The van der Waals surface area contributed by atoms with Gasteiger partial charge >= 0.3 is 0 Å². The average molecular weight is 192 g/mol.